The van der Waals surface area contributed by atoms with Crippen LogP contribution in [0.3, 0.4) is 0 Å². The Balaban J connectivity index is 2.71. The number of nitrogens with one attached hydrogen (secondary N) is 1. The van der Waals surface area contributed by atoms with E-state index in [1.165, 1.54) is 11.3 Å². The predicted octanol–water partition coefficient (Wildman–Crippen LogP) is 0.979. The minimum atomic E-state index is -0.386. The highest BCUT2D eigenvalue weighted by molar-refractivity contribution is 7.10. The molecule has 13 heavy (non-hydrogen) atoms. The zero-order valence-electron chi connectivity index (χ0n) is 6.61. The van der Waals surface area contributed by atoms with Gasteiger partial charge in [-0.25, -0.2) is 9.89 Å². The lowest BCUT2D eigenvalue weighted by Gasteiger charge is -1.95. The lowest BCUT2D eigenvalue weighted by molar-refractivity contribution is 0.779. The van der Waals surface area contributed by atoms with E-state index in [4.69, 9.17) is 11.6 Å². The topological polar surface area (TPSA) is 63.6 Å². The SMILES string of the molecule is Cc1scc(Cl)c1-n1nn[nH]c1=O. The Morgan fingerprint density at radius 2 is 2.46 bits per heavy atom. The number of hydrogen-bond donors (Lipinski definition) is 1. The summed E-state index contributed by atoms with van der Waals surface area (Å²) in [4.78, 5) is 12.1. The van der Waals surface area contributed by atoms with E-state index in [0.717, 1.165) is 9.56 Å². The van der Waals surface area contributed by atoms with Crippen LogP contribution < -0.4 is 5.69 Å². The van der Waals surface area contributed by atoms with Gasteiger partial charge in [0.2, 0.25) is 0 Å². The van der Waals surface area contributed by atoms with Gasteiger partial charge in [-0.3, -0.25) is 0 Å². The molecule has 0 atom stereocenters. The molecule has 0 aliphatic rings. The van der Waals surface area contributed by atoms with Crippen LogP contribution in [-0.2, 0) is 0 Å². The fraction of sp³-hybridized carbons (Fsp3) is 0.167. The first-order chi connectivity index (χ1) is 6.20. The van der Waals surface area contributed by atoms with Crippen LogP contribution in [0.5, 0.6) is 0 Å². The number of thiophene rings is 1. The van der Waals surface area contributed by atoms with Gasteiger partial charge in [-0.05, 0) is 17.4 Å². The molecule has 2 aromatic heterocycles. The molecule has 0 radical (unpaired) electrons. The molecule has 0 bridgehead atoms. The van der Waals surface area contributed by atoms with Crippen LogP contribution in [0.2, 0.25) is 5.02 Å². The summed E-state index contributed by atoms with van der Waals surface area (Å²) in [6.07, 6.45) is 0. The quantitative estimate of drug-likeness (QED) is 0.773. The zero-order chi connectivity index (χ0) is 9.42. The molecule has 0 amide bonds. The summed E-state index contributed by atoms with van der Waals surface area (Å²) in [6, 6.07) is 0. The fourth-order valence-electron chi connectivity index (χ4n) is 1.01. The van der Waals surface area contributed by atoms with Crippen molar-refractivity contribution in [1.29, 1.82) is 0 Å². The van der Waals surface area contributed by atoms with Gasteiger partial charge in [0, 0.05) is 10.3 Å². The number of aromatic amines is 1. The van der Waals surface area contributed by atoms with E-state index >= 15 is 0 Å². The number of hydrogen-bond acceptors (Lipinski definition) is 4. The van der Waals surface area contributed by atoms with E-state index in [2.05, 4.69) is 15.5 Å². The molecule has 0 fully saturated rings. The Morgan fingerprint density at radius 1 is 1.69 bits per heavy atom. The maximum atomic E-state index is 11.2. The van der Waals surface area contributed by atoms with Gasteiger partial charge in [-0.1, -0.05) is 11.6 Å². The predicted molar refractivity (Wildman–Crippen MR) is 49.6 cm³/mol. The third kappa shape index (κ3) is 1.27. The van der Waals surface area contributed by atoms with Crippen LogP contribution in [0.25, 0.3) is 5.69 Å². The van der Waals surface area contributed by atoms with Crippen LogP contribution in [0, 0.1) is 6.92 Å². The van der Waals surface area contributed by atoms with Gasteiger partial charge in [0.1, 0.15) is 5.69 Å². The number of halogens is 1. The molecule has 0 aliphatic heterocycles. The number of nitrogens with zero attached hydrogens (tertiary/aromatic N) is 3. The van der Waals surface area contributed by atoms with E-state index in [0.29, 0.717) is 10.7 Å². The Morgan fingerprint density at radius 3 is 2.92 bits per heavy atom. The number of aromatic nitrogens is 4. The van der Waals surface area contributed by atoms with Crippen LogP contribution in [0.15, 0.2) is 10.2 Å². The van der Waals surface area contributed by atoms with Gasteiger partial charge in [0.15, 0.2) is 0 Å². The van der Waals surface area contributed by atoms with Crippen molar-refractivity contribution >= 4 is 22.9 Å². The standard InChI is InChI=1S/C6H5ClN4OS/c1-3-5(4(7)2-13-3)11-6(12)8-9-10-11/h2H,1H3,(H,8,10,12). The highest BCUT2D eigenvalue weighted by Crippen LogP contribution is 2.27. The molecule has 2 heterocycles. The van der Waals surface area contributed by atoms with E-state index in [9.17, 15) is 4.79 Å². The number of tetrazole rings is 1. The molecular weight excluding hydrogens is 212 g/mol. The summed E-state index contributed by atoms with van der Waals surface area (Å²) >= 11 is 7.34. The Hall–Kier alpha value is -1.14. The van der Waals surface area contributed by atoms with Crippen molar-refractivity contribution in [3.05, 3.63) is 25.8 Å². The summed E-state index contributed by atoms with van der Waals surface area (Å²) in [5.74, 6) is 0. The molecular formula is C6H5ClN4OS. The van der Waals surface area contributed by atoms with Crippen molar-refractivity contribution in [3.8, 4) is 5.69 Å². The second-order valence-corrected chi connectivity index (χ2v) is 3.90. The Kier molecular flexibility index (Phi) is 1.93. The summed E-state index contributed by atoms with van der Waals surface area (Å²) in [5, 5.41) is 11.5. The first-order valence-electron chi connectivity index (χ1n) is 3.44. The van der Waals surface area contributed by atoms with Crippen LogP contribution >= 0.6 is 22.9 Å². The van der Waals surface area contributed by atoms with Crippen molar-refractivity contribution < 1.29 is 0 Å². The maximum absolute atomic E-state index is 11.2. The summed E-state index contributed by atoms with van der Waals surface area (Å²) < 4.78 is 1.15. The minimum absolute atomic E-state index is 0.386. The largest absolute Gasteiger partial charge is 0.365 e. The first-order valence-corrected chi connectivity index (χ1v) is 4.70. The fourth-order valence-corrected chi connectivity index (χ4v) is 2.13. The molecule has 0 aliphatic carbocycles. The van der Waals surface area contributed by atoms with Gasteiger partial charge in [0.25, 0.3) is 0 Å². The van der Waals surface area contributed by atoms with E-state index < -0.39 is 0 Å². The van der Waals surface area contributed by atoms with Crippen LogP contribution in [0.4, 0.5) is 0 Å². The van der Waals surface area contributed by atoms with Gasteiger partial charge in [0.05, 0.1) is 5.02 Å². The average molecular weight is 217 g/mol. The summed E-state index contributed by atoms with van der Waals surface area (Å²) in [5.41, 5.74) is 0.216. The molecule has 0 saturated carbocycles. The third-order valence-electron chi connectivity index (χ3n) is 1.58. The monoisotopic (exact) mass is 216 g/mol. The number of aryl methyl sites for hydroxylation is 1. The van der Waals surface area contributed by atoms with E-state index in [1.54, 1.807) is 5.38 Å². The normalized spacial score (nSPS) is 10.6. The van der Waals surface area contributed by atoms with Crippen molar-refractivity contribution in [1.82, 2.24) is 20.2 Å². The highest BCUT2D eigenvalue weighted by atomic mass is 35.5. The van der Waals surface area contributed by atoms with Gasteiger partial charge in [-0.2, -0.15) is 4.68 Å². The molecule has 0 aromatic carbocycles. The Bertz CT molecular complexity index is 465. The lowest BCUT2D eigenvalue weighted by Crippen LogP contribution is -2.16. The molecule has 7 heteroatoms. The zero-order valence-corrected chi connectivity index (χ0v) is 8.19. The van der Waals surface area contributed by atoms with E-state index in [-0.39, 0.29) is 5.69 Å². The second-order valence-electron chi connectivity index (χ2n) is 2.41. The summed E-state index contributed by atoms with van der Waals surface area (Å²) in [7, 11) is 0. The number of H-pyrrole nitrogens is 1. The molecule has 0 saturated heterocycles. The van der Waals surface area contributed by atoms with Gasteiger partial charge >= 0.3 is 5.69 Å². The Labute approximate surface area is 81.9 Å². The van der Waals surface area contributed by atoms with Crippen molar-refractivity contribution in [3.63, 3.8) is 0 Å². The molecule has 1 N–H and O–H groups in total. The smallest absolute Gasteiger partial charge is 0.244 e. The molecule has 2 aromatic rings. The second kappa shape index (κ2) is 2.97. The van der Waals surface area contributed by atoms with Crippen LogP contribution in [0.1, 0.15) is 4.88 Å². The third-order valence-corrected chi connectivity index (χ3v) is 2.90. The average Bonchev–Trinajstić information content (AvgIpc) is 2.60. The first kappa shape index (κ1) is 8.46. The number of rotatable bonds is 1. The lowest BCUT2D eigenvalue weighted by atomic mass is 10.4. The van der Waals surface area contributed by atoms with Gasteiger partial charge < -0.3 is 0 Å². The molecule has 2 rings (SSSR count). The van der Waals surface area contributed by atoms with Crippen molar-refractivity contribution in [2.75, 3.05) is 0 Å². The minimum Gasteiger partial charge on any atom is -0.244 e. The maximum Gasteiger partial charge on any atom is 0.365 e. The van der Waals surface area contributed by atoms with Crippen molar-refractivity contribution in [2.24, 2.45) is 0 Å². The van der Waals surface area contributed by atoms with Crippen molar-refractivity contribution in [2.45, 2.75) is 6.92 Å². The van der Waals surface area contributed by atoms with Gasteiger partial charge in [-0.15, -0.1) is 11.3 Å². The molecule has 5 nitrogen and oxygen atoms in total. The molecule has 0 spiro atoms. The summed E-state index contributed by atoms with van der Waals surface area (Å²) in [6.45, 7) is 1.87. The molecule has 68 valence electrons. The molecule has 0 unspecified atom stereocenters. The van der Waals surface area contributed by atoms with Crippen LogP contribution in [-0.4, -0.2) is 20.2 Å². The van der Waals surface area contributed by atoms with E-state index in [1.807, 2.05) is 6.92 Å². The highest BCUT2D eigenvalue weighted by Gasteiger charge is 2.12.